The highest BCUT2D eigenvalue weighted by Crippen LogP contribution is 2.30. The highest BCUT2D eigenvalue weighted by atomic mass is 32.2. The summed E-state index contributed by atoms with van der Waals surface area (Å²) < 4.78 is 36.3. The molecule has 3 aromatic rings. The number of hydrogen-bond acceptors (Lipinski definition) is 5. The molecule has 3 aromatic carbocycles. The van der Waals surface area contributed by atoms with Gasteiger partial charge in [-0.15, -0.1) is 0 Å². The van der Waals surface area contributed by atoms with Crippen LogP contribution in [0.2, 0.25) is 0 Å². The molecule has 1 N–H and O–H groups in total. The predicted molar refractivity (Wildman–Crippen MR) is 121 cm³/mol. The molecule has 1 amide bonds. The quantitative estimate of drug-likeness (QED) is 0.574. The number of benzene rings is 3. The Bertz CT molecular complexity index is 1150. The van der Waals surface area contributed by atoms with Crippen molar-refractivity contribution < 1.29 is 22.7 Å². The van der Waals surface area contributed by atoms with Crippen molar-refractivity contribution in [2.75, 3.05) is 30.1 Å². The van der Waals surface area contributed by atoms with Crippen molar-refractivity contribution in [3.8, 4) is 11.5 Å². The van der Waals surface area contributed by atoms with E-state index in [2.05, 4.69) is 5.32 Å². The minimum atomic E-state index is -3.46. The molecule has 0 saturated heterocycles. The second kappa shape index (κ2) is 9.53. The molecule has 0 aliphatic rings. The van der Waals surface area contributed by atoms with Crippen LogP contribution in [0.1, 0.15) is 15.9 Å². The molecule has 31 heavy (non-hydrogen) atoms. The van der Waals surface area contributed by atoms with Gasteiger partial charge in [0.1, 0.15) is 0 Å². The Labute approximate surface area is 182 Å². The molecule has 0 radical (unpaired) electrons. The number of nitrogens with one attached hydrogen (secondary N) is 1. The van der Waals surface area contributed by atoms with Crippen LogP contribution in [0, 0.1) is 0 Å². The summed E-state index contributed by atoms with van der Waals surface area (Å²) in [6.07, 6.45) is 1.17. The molecular formula is C23H24N2O5S. The molecule has 0 aromatic heterocycles. The Morgan fingerprint density at radius 1 is 0.903 bits per heavy atom. The Morgan fingerprint density at radius 2 is 1.55 bits per heavy atom. The van der Waals surface area contributed by atoms with Gasteiger partial charge in [-0.3, -0.25) is 9.10 Å². The number of carbonyl (C=O) groups excluding carboxylic acids is 1. The fourth-order valence-electron chi connectivity index (χ4n) is 3.04. The summed E-state index contributed by atoms with van der Waals surface area (Å²) in [5.41, 5.74) is 2.36. The van der Waals surface area contributed by atoms with Crippen LogP contribution in [0.25, 0.3) is 0 Å². The molecular weight excluding hydrogens is 416 g/mol. The van der Waals surface area contributed by atoms with Gasteiger partial charge in [0.25, 0.3) is 5.91 Å². The Balaban J connectivity index is 1.74. The Morgan fingerprint density at radius 3 is 2.13 bits per heavy atom. The third-order valence-electron chi connectivity index (χ3n) is 4.63. The van der Waals surface area contributed by atoms with Crippen LogP contribution in [0.4, 0.5) is 11.4 Å². The molecule has 0 heterocycles. The van der Waals surface area contributed by atoms with Gasteiger partial charge in [-0.1, -0.05) is 30.3 Å². The van der Waals surface area contributed by atoms with E-state index in [1.54, 1.807) is 73.8 Å². The molecule has 0 fully saturated rings. The second-order valence-electron chi connectivity index (χ2n) is 6.83. The fourth-order valence-corrected chi connectivity index (χ4v) is 3.93. The Hall–Kier alpha value is -3.52. The van der Waals surface area contributed by atoms with Crippen LogP contribution < -0.4 is 19.1 Å². The molecule has 0 aliphatic carbocycles. The van der Waals surface area contributed by atoms with Gasteiger partial charge in [0.15, 0.2) is 11.5 Å². The van der Waals surface area contributed by atoms with Crippen LogP contribution in [0.3, 0.4) is 0 Å². The molecule has 0 aliphatic heterocycles. The molecule has 0 spiro atoms. The van der Waals surface area contributed by atoms with Crippen LogP contribution in [-0.2, 0) is 16.6 Å². The lowest BCUT2D eigenvalue weighted by atomic mass is 10.1. The average Bonchev–Trinajstić information content (AvgIpc) is 2.77. The van der Waals surface area contributed by atoms with Gasteiger partial charge in [0, 0.05) is 17.3 Å². The summed E-state index contributed by atoms with van der Waals surface area (Å²) in [7, 11) is -0.397. The van der Waals surface area contributed by atoms with Crippen molar-refractivity contribution in [2.45, 2.75) is 6.54 Å². The van der Waals surface area contributed by atoms with Gasteiger partial charge in [0.05, 0.1) is 32.7 Å². The number of ether oxygens (including phenoxy) is 2. The van der Waals surface area contributed by atoms with Crippen molar-refractivity contribution in [3.63, 3.8) is 0 Å². The zero-order chi connectivity index (χ0) is 22.4. The molecule has 8 heteroatoms. The first-order valence-electron chi connectivity index (χ1n) is 9.47. The summed E-state index contributed by atoms with van der Waals surface area (Å²) in [5, 5.41) is 2.81. The molecule has 0 saturated carbocycles. The van der Waals surface area contributed by atoms with E-state index in [-0.39, 0.29) is 12.5 Å². The van der Waals surface area contributed by atoms with Crippen molar-refractivity contribution >= 4 is 27.3 Å². The lowest BCUT2D eigenvalue weighted by molar-refractivity contribution is 0.102. The number of rotatable bonds is 8. The zero-order valence-electron chi connectivity index (χ0n) is 17.5. The standard InChI is InChI=1S/C23H24N2O5S/c1-29-21-14-13-19(15-22(21)30-2)24-23(26)18-11-9-17(10-12-18)16-25(31(3,27)28)20-7-5-4-6-8-20/h4-15H,16H2,1-3H3,(H,24,26). The van der Waals surface area contributed by atoms with E-state index in [0.717, 1.165) is 5.56 Å². The van der Waals surface area contributed by atoms with Crippen LogP contribution in [-0.4, -0.2) is 34.8 Å². The maximum atomic E-state index is 12.6. The lowest BCUT2D eigenvalue weighted by Gasteiger charge is -2.22. The second-order valence-corrected chi connectivity index (χ2v) is 8.73. The van der Waals surface area contributed by atoms with Crippen LogP contribution >= 0.6 is 0 Å². The molecule has 0 unspecified atom stereocenters. The summed E-state index contributed by atoms with van der Waals surface area (Å²) in [6, 6.07) is 20.8. The van der Waals surface area contributed by atoms with Gasteiger partial charge in [0.2, 0.25) is 10.0 Å². The molecule has 0 atom stereocenters. The van der Waals surface area contributed by atoms with E-state index in [4.69, 9.17) is 9.47 Å². The number of sulfonamides is 1. The van der Waals surface area contributed by atoms with E-state index in [9.17, 15) is 13.2 Å². The number of para-hydroxylation sites is 1. The van der Waals surface area contributed by atoms with Crippen molar-refractivity contribution in [2.24, 2.45) is 0 Å². The largest absolute Gasteiger partial charge is 0.493 e. The van der Waals surface area contributed by atoms with Gasteiger partial charge < -0.3 is 14.8 Å². The summed E-state index contributed by atoms with van der Waals surface area (Å²) in [4.78, 5) is 12.6. The van der Waals surface area contributed by atoms with Crippen molar-refractivity contribution in [1.82, 2.24) is 0 Å². The highest BCUT2D eigenvalue weighted by Gasteiger charge is 2.18. The van der Waals surface area contributed by atoms with Crippen LogP contribution in [0.15, 0.2) is 72.8 Å². The van der Waals surface area contributed by atoms with Crippen molar-refractivity contribution in [1.29, 1.82) is 0 Å². The Kier molecular flexibility index (Phi) is 6.81. The summed E-state index contributed by atoms with van der Waals surface area (Å²) in [5.74, 6) is 0.790. The van der Waals surface area contributed by atoms with Gasteiger partial charge in [-0.25, -0.2) is 8.42 Å². The first-order chi connectivity index (χ1) is 14.8. The molecule has 162 valence electrons. The number of anilines is 2. The number of methoxy groups -OCH3 is 2. The van der Waals surface area contributed by atoms with E-state index < -0.39 is 10.0 Å². The van der Waals surface area contributed by atoms with Gasteiger partial charge >= 0.3 is 0 Å². The monoisotopic (exact) mass is 440 g/mol. The minimum Gasteiger partial charge on any atom is -0.493 e. The van der Waals surface area contributed by atoms with E-state index in [1.165, 1.54) is 17.7 Å². The van der Waals surface area contributed by atoms with E-state index in [0.29, 0.717) is 28.4 Å². The molecule has 0 bridgehead atoms. The number of nitrogens with zero attached hydrogens (tertiary/aromatic N) is 1. The maximum absolute atomic E-state index is 12.6. The first kappa shape index (κ1) is 22.2. The predicted octanol–water partition coefficient (Wildman–Crippen LogP) is 3.92. The highest BCUT2D eigenvalue weighted by molar-refractivity contribution is 7.92. The lowest BCUT2D eigenvalue weighted by Crippen LogP contribution is -2.29. The smallest absolute Gasteiger partial charge is 0.255 e. The topological polar surface area (TPSA) is 84.9 Å². The number of amides is 1. The van der Waals surface area contributed by atoms with Gasteiger partial charge in [-0.05, 0) is 42.0 Å². The summed E-state index contributed by atoms with van der Waals surface area (Å²) >= 11 is 0. The van der Waals surface area contributed by atoms with E-state index >= 15 is 0 Å². The normalized spacial score (nSPS) is 10.9. The minimum absolute atomic E-state index is 0.167. The average molecular weight is 441 g/mol. The third kappa shape index (κ3) is 5.55. The number of carbonyl (C=O) groups is 1. The van der Waals surface area contributed by atoms with Crippen LogP contribution in [0.5, 0.6) is 11.5 Å². The maximum Gasteiger partial charge on any atom is 0.255 e. The van der Waals surface area contributed by atoms with Gasteiger partial charge in [-0.2, -0.15) is 0 Å². The SMILES string of the molecule is COc1ccc(NC(=O)c2ccc(CN(c3ccccc3)S(C)(=O)=O)cc2)cc1OC. The van der Waals surface area contributed by atoms with E-state index in [1.807, 2.05) is 6.07 Å². The summed E-state index contributed by atoms with van der Waals surface area (Å²) in [6.45, 7) is 0.167. The zero-order valence-corrected chi connectivity index (χ0v) is 18.3. The fraction of sp³-hybridized carbons (Fsp3) is 0.174. The molecule has 7 nitrogen and oxygen atoms in total. The molecule has 3 rings (SSSR count). The number of hydrogen-bond donors (Lipinski definition) is 1. The third-order valence-corrected chi connectivity index (χ3v) is 5.77. The first-order valence-corrected chi connectivity index (χ1v) is 11.3. The van der Waals surface area contributed by atoms with Crippen molar-refractivity contribution in [3.05, 3.63) is 83.9 Å².